The third-order valence-electron chi connectivity index (χ3n) is 4.31. The molecule has 0 heterocycles. The molecule has 8 heteroatoms. The van der Waals surface area contributed by atoms with Crippen molar-refractivity contribution in [2.24, 2.45) is 0 Å². The summed E-state index contributed by atoms with van der Waals surface area (Å²) >= 11 is 0. The summed E-state index contributed by atoms with van der Waals surface area (Å²) in [7, 11) is 0. The molecule has 158 valence electrons. The summed E-state index contributed by atoms with van der Waals surface area (Å²) in [6, 6.07) is 8.53. The normalized spacial score (nSPS) is 10.3. The van der Waals surface area contributed by atoms with E-state index in [1.54, 1.807) is 12.1 Å². The van der Waals surface area contributed by atoms with Crippen molar-refractivity contribution < 1.29 is 29.4 Å². The van der Waals surface area contributed by atoms with Gasteiger partial charge in [0.25, 0.3) is 0 Å². The number of anilines is 2. The minimum Gasteiger partial charge on any atom is -0.545 e. The molecule has 0 aliphatic heterocycles. The Morgan fingerprint density at radius 2 is 1.07 bits per heavy atom. The summed E-state index contributed by atoms with van der Waals surface area (Å²) < 4.78 is 0. The Balaban J connectivity index is 2.43. The molecule has 0 spiro atoms. The number of nitrogens with one attached hydrogen (secondary N) is 2. The Hall–Kier alpha value is -3.68. The lowest BCUT2D eigenvalue weighted by Crippen LogP contribution is -2.25. The zero-order chi connectivity index (χ0) is 22.3. The number of carboxylic acid groups (broad SMARTS) is 2. The first kappa shape index (κ1) is 22.6. The minimum atomic E-state index is -1.48. The van der Waals surface area contributed by atoms with Crippen molar-refractivity contribution in [2.45, 2.75) is 39.5 Å². The molecular weight excluding hydrogens is 388 g/mol. The van der Waals surface area contributed by atoms with Gasteiger partial charge in [-0.2, -0.15) is 0 Å². The maximum absolute atomic E-state index is 11.8. The molecule has 8 nitrogen and oxygen atoms in total. The smallest absolute Gasteiger partial charge is 0.224 e. The number of aromatic carboxylic acids is 2. The van der Waals surface area contributed by atoms with Crippen LogP contribution in [0.2, 0.25) is 0 Å². The van der Waals surface area contributed by atoms with E-state index in [0.717, 1.165) is 0 Å². The maximum Gasteiger partial charge on any atom is 0.224 e. The van der Waals surface area contributed by atoms with Crippen LogP contribution in [-0.4, -0.2) is 23.8 Å². The lowest BCUT2D eigenvalue weighted by atomic mass is 9.98. The topological polar surface area (TPSA) is 138 Å². The molecule has 0 aliphatic rings. The van der Waals surface area contributed by atoms with Crippen molar-refractivity contribution >= 4 is 35.1 Å². The van der Waals surface area contributed by atoms with Crippen molar-refractivity contribution in [2.75, 3.05) is 10.6 Å². The fourth-order valence-electron chi connectivity index (χ4n) is 2.88. The van der Waals surface area contributed by atoms with E-state index < -0.39 is 11.9 Å². The van der Waals surface area contributed by atoms with Crippen molar-refractivity contribution in [3.63, 3.8) is 0 Å². The molecule has 0 aromatic heterocycles. The van der Waals surface area contributed by atoms with Gasteiger partial charge in [-0.1, -0.05) is 26.0 Å². The number of carbonyl (C=O) groups excluding carboxylic acids is 4. The van der Waals surface area contributed by atoms with Gasteiger partial charge in [0.2, 0.25) is 11.8 Å². The number of rotatable bonds is 9. The molecule has 30 heavy (non-hydrogen) atoms. The SMILES string of the molecule is CCCC(=O)Nc1ccc(-c2ccc(NC(=O)CCC)c(C(=O)[O-])c2)cc1C(=O)[O-]. The lowest BCUT2D eigenvalue weighted by Gasteiger charge is -2.16. The first-order valence-electron chi connectivity index (χ1n) is 9.57. The molecule has 2 amide bonds. The monoisotopic (exact) mass is 410 g/mol. The third kappa shape index (κ3) is 5.66. The molecule has 0 saturated heterocycles. The van der Waals surface area contributed by atoms with Crippen LogP contribution in [-0.2, 0) is 9.59 Å². The van der Waals surface area contributed by atoms with Gasteiger partial charge in [-0.15, -0.1) is 0 Å². The fraction of sp³-hybridized carbons (Fsp3) is 0.273. The first-order chi connectivity index (χ1) is 14.3. The highest BCUT2D eigenvalue weighted by molar-refractivity contribution is 6.02. The van der Waals surface area contributed by atoms with E-state index in [1.165, 1.54) is 24.3 Å². The average molecular weight is 410 g/mol. The Labute approximate surface area is 173 Å². The largest absolute Gasteiger partial charge is 0.545 e. The molecule has 0 radical (unpaired) electrons. The Kier molecular flexibility index (Phi) is 7.69. The predicted octanol–water partition coefficient (Wildman–Crippen LogP) is 1.56. The lowest BCUT2D eigenvalue weighted by molar-refractivity contribution is -0.256. The van der Waals surface area contributed by atoms with Crippen molar-refractivity contribution in [1.82, 2.24) is 0 Å². The van der Waals surface area contributed by atoms with E-state index in [0.29, 0.717) is 24.0 Å². The van der Waals surface area contributed by atoms with Gasteiger partial charge in [-0.05, 0) is 48.2 Å². The zero-order valence-corrected chi connectivity index (χ0v) is 16.7. The number of benzene rings is 2. The highest BCUT2D eigenvalue weighted by Crippen LogP contribution is 2.29. The predicted molar refractivity (Wildman–Crippen MR) is 108 cm³/mol. The van der Waals surface area contributed by atoms with Crippen LogP contribution >= 0.6 is 0 Å². The molecule has 2 rings (SSSR count). The Bertz CT molecular complexity index is 904. The van der Waals surface area contributed by atoms with Gasteiger partial charge in [-0.3, -0.25) is 9.59 Å². The van der Waals surface area contributed by atoms with Gasteiger partial charge in [0, 0.05) is 35.3 Å². The second kappa shape index (κ2) is 10.2. The minimum absolute atomic E-state index is 0.0979. The summed E-state index contributed by atoms with van der Waals surface area (Å²) in [5.74, 6) is -3.60. The van der Waals surface area contributed by atoms with Gasteiger partial charge < -0.3 is 30.4 Å². The van der Waals surface area contributed by atoms with Crippen LogP contribution in [0.5, 0.6) is 0 Å². The van der Waals surface area contributed by atoms with Crippen molar-refractivity contribution in [3.05, 3.63) is 47.5 Å². The highest BCUT2D eigenvalue weighted by atomic mass is 16.4. The second-order valence-corrected chi connectivity index (χ2v) is 6.69. The number of hydrogen-bond donors (Lipinski definition) is 2. The van der Waals surface area contributed by atoms with E-state index >= 15 is 0 Å². The molecule has 0 unspecified atom stereocenters. The molecule has 2 N–H and O–H groups in total. The molecule has 0 atom stereocenters. The number of amides is 2. The molecule has 2 aromatic carbocycles. The van der Waals surface area contributed by atoms with E-state index in [9.17, 15) is 29.4 Å². The van der Waals surface area contributed by atoms with E-state index in [-0.39, 0.29) is 47.2 Å². The van der Waals surface area contributed by atoms with Gasteiger partial charge >= 0.3 is 0 Å². The molecular formula is C22H22N2O6-2. The Morgan fingerprint density at radius 3 is 1.37 bits per heavy atom. The standard InChI is InChI=1S/C22H24N2O6/c1-3-5-19(25)23-17-9-7-13(11-15(17)21(27)28)14-8-10-18(16(12-14)22(29)30)24-20(26)6-4-2/h7-12H,3-6H2,1-2H3,(H,23,25)(H,24,26)(H,27,28)(H,29,30)/p-2. The summed E-state index contributed by atoms with van der Waals surface area (Å²) in [5, 5.41) is 28.2. The number of carbonyl (C=O) groups is 4. The van der Waals surface area contributed by atoms with Crippen LogP contribution < -0.4 is 20.8 Å². The Morgan fingerprint density at radius 1 is 0.700 bits per heavy atom. The molecule has 0 aliphatic carbocycles. The number of carboxylic acids is 2. The van der Waals surface area contributed by atoms with Crippen LogP contribution in [0.25, 0.3) is 11.1 Å². The molecule has 2 aromatic rings. The second-order valence-electron chi connectivity index (χ2n) is 6.69. The molecule has 0 fully saturated rings. The van der Waals surface area contributed by atoms with Gasteiger partial charge in [0.1, 0.15) is 0 Å². The van der Waals surface area contributed by atoms with Gasteiger partial charge in [0.15, 0.2) is 0 Å². The van der Waals surface area contributed by atoms with E-state index in [1.807, 2.05) is 13.8 Å². The van der Waals surface area contributed by atoms with Crippen molar-refractivity contribution in [1.29, 1.82) is 0 Å². The highest BCUT2D eigenvalue weighted by Gasteiger charge is 2.12. The fourth-order valence-corrected chi connectivity index (χ4v) is 2.88. The maximum atomic E-state index is 11.8. The summed E-state index contributed by atoms with van der Waals surface area (Å²) in [4.78, 5) is 46.7. The number of hydrogen-bond acceptors (Lipinski definition) is 6. The van der Waals surface area contributed by atoms with Crippen molar-refractivity contribution in [3.8, 4) is 11.1 Å². The van der Waals surface area contributed by atoms with Crippen LogP contribution in [0.4, 0.5) is 11.4 Å². The summed E-state index contributed by atoms with van der Waals surface area (Å²) in [6.45, 7) is 3.65. The van der Waals surface area contributed by atoms with Crippen LogP contribution in [0.3, 0.4) is 0 Å². The van der Waals surface area contributed by atoms with Crippen LogP contribution in [0.15, 0.2) is 36.4 Å². The summed E-state index contributed by atoms with van der Waals surface area (Å²) in [6.07, 6.45) is 1.71. The molecule has 0 saturated carbocycles. The van der Waals surface area contributed by atoms with Gasteiger partial charge in [-0.25, -0.2) is 0 Å². The third-order valence-corrected chi connectivity index (χ3v) is 4.31. The first-order valence-corrected chi connectivity index (χ1v) is 9.57. The van der Waals surface area contributed by atoms with Gasteiger partial charge in [0.05, 0.1) is 11.9 Å². The zero-order valence-electron chi connectivity index (χ0n) is 16.7. The molecule has 0 bridgehead atoms. The quantitative estimate of drug-likeness (QED) is 0.643. The van der Waals surface area contributed by atoms with E-state index in [4.69, 9.17) is 0 Å². The van der Waals surface area contributed by atoms with Crippen LogP contribution in [0, 0.1) is 0 Å². The average Bonchev–Trinajstić information content (AvgIpc) is 2.68. The van der Waals surface area contributed by atoms with E-state index in [2.05, 4.69) is 10.6 Å². The van der Waals surface area contributed by atoms with Crippen LogP contribution in [0.1, 0.15) is 60.2 Å². The summed E-state index contributed by atoms with van der Waals surface area (Å²) in [5.41, 5.74) is 0.536.